The minimum Gasteiger partial charge on any atom is -0.388 e. The Morgan fingerprint density at radius 3 is 2.88 bits per heavy atom. The summed E-state index contributed by atoms with van der Waals surface area (Å²) in [4.78, 5) is 6.90. The third-order valence-corrected chi connectivity index (χ3v) is 3.08. The van der Waals surface area contributed by atoms with Gasteiger partial charge in [0.2, 0.25) is 0 Å². The average Bonchev–Trinajstić information content (AvgIpc) is 2.29. The Kier molecular flexibility index (Phi) is 5.51. The van der Waals surface area contributed by atoms with Gasteiger partial charge in [-0.15, -0.1) is 0 Å². The molecule has 0 radical (unpaired) electrons. The highest BCUT2D eigenvalue weighted by Crippen LogP contribution is 2.10. The number of pyridine rings is 1. The maximum atomic E-state index is 5.67. The van der Waals surface area contributed by atoms with E-state index in [9.17, 15) is 0 Å². The molecule has 1 unspecified atom stereocenters. The summed E-state index contributed by atoms with van der Waals surface area (Å²) in [6.07, 6.45) is 2.92. The maximum Gasteiger partial charge on any atom is 0.123 e. The molecule has 0 spiro atoms. The molecule has 4 heteroatoms. The van der Waals surface area contributed by atoms with Gasteiger partial charge in [0.1, 0.15) is 10.7 Å². The summed E-state index contributed by atoms with van der Waals surface area (Å²) in [5.74, 6) is 0.699. The number of hydrogen-bond donors (Lipinski definition) is 1. The Morgan fingerprint density at radius 2 is 2.29 bits per heavy atom. The third kappa shape index (κ3) is 4.40. The van der Waals surface area contributed by atoms with Crippen LogP contribution < -0.4 is 5.73 Å². The molecule has 0 saturated carbocycles. The molecule has 1 rings (SSSR count). The lowest BCUT2D eigenvalue weighted by atomic mass is 10.1. The molecule has 17 heavy (non-hydrogen) atoms. The van der Waals surface area contributed by atoms with Gasteiger partial charge >= 0.3 is 0 Å². The highest BCUT2D eigenvalue weighted by atomic mass is 32.1. The van der Waals surface area contributed by atoms with Gasteiger partial charge in [-0.05, 0) is 24.6 Å². The second-order valence-electron chi connectivity index (χ2n) is 4.59. The summed E-state index contributed by atoms with van der Waals surface area (Å²) in [5, 5.41) is 0. The van der Waals surface area contributed by atoms with Crippen molar-refractivity contribution in [3.63, 3.8) is 0 Å². The fraction of sp³-hybridized carbons (Fsp3) is 0.538. The molecule has 1 aromatic heterocycles. The van der Waals surface area contributed by atoms with Gasteiger partial charge in [0.15, 0.2) is 0 Å². The van der Waals surface area contributed by atoms with E-state index < -0.39 is 0 Å². The topological polar surface area (TPSA) is 42.2 Å². The second kappa shape index (κ2) is 6.67. The average molecular weight is 251 g/mol. The van der Waals surface area contributed by atoms with Gasteiger partial charge in [0.05, 0.1) is 0 Å². The summed E-state index contributed by atoms with van der Waals surface area (Å²) < 4.78 is 0. The van der Waals surface area contributed by atoms with Gasteiger partial charge in [-0.1, -0.05) is 38.6 Å². The van der Waals surface area contributed by atoms with Crippen molar-refractivity contribution in [1.82, 2.24) is 9.88 Å². The van der Waals surface area contributed by atoms with Crippen LogP contribution in [0.5, 0.6) is 0 Å². The van der Waals surface area contributed by atoms with E-state index in [-0.39, 0.29) is 0 Å². The summed E-state index contributed by atoms with van der Waals surface area (Å²) >= 11 is 5.01. The van der Waals surface area contributed by atoms with Crippen molar-refractivity contribution in [3.05, 3.63) is 29.6 Å². The van der Waals surface area contributed by atoms with E-state index in [2.05, 4.69) is 30.8 Å². The molecule has 0 amide bonds. The van der Waals surface area contributed by atoms with Crippen LogP contribution in [0.15, 0.2) is 18.3 Å². The van der Waals surface area contributed by atoms with E-state index in [1.165, 1.54) is 6.42 Å². The minimum atomic E-state index is 0.373. The second-order valence-corrected chi connectivity index (χ2v) is 5.03. The molecule has 0 aliphatic rings. The van der Waals surface area contributed by atoms with E-state index in [1.807, 2.05) is 12.1 Å². The van der Waals surface area contributed by atoms with E-state index in [0.717, 1.165) is 24.3 Å². The molecule has 94 valence electrons. The highest BCUT2D eigenvalue weighted by Gasteiger charge is 2.10. The summed E-state index contributed by atoms with van der Waals surface area (Å²) in [7, 11) is 2.11. The van der Waals surface area contributed by atoms with Crippen molar-refractivity contribution in [2.24, 2.45) is 11.7 Å². The molecule has 1 heterocycles. The third-order valence-electron chi connectivity index (χ3n) is 2.89. The van der Waals surface area contributed by atoms with E-state index in [4.69, 9.17) is 18.0 Å². The predicted molar refractivity (Wildman–Crippen MR) is 75.9 cm³/mol. The number of aromatic nitrogens is 1. The van der Waals surface area contributed by atoms with Crippen LogP contribution in [0.2, 0.25) is 0 Å². The lowest BCUT2D eigenvalue weighted by molar-refractivity contribution is 0.275. The molecule has 0 aliphatic heterocycles. The van der Waals surface area contributed by atoms with Crippen LogP contribution >= 0.6 is 12.2 Å². The zero-order chi connectivity index (χ0) is 12.8. The molecule has 0 fully saturated rings. The minimum absolute atomic E-state index is 0.373. The van der Waals surface area contributed by atoms with Crippen molar-refractivity contribution in [2.45, 2.75) is 26.8 Å². The predicted octanol–water partition coefficient (Wildman–Crippen LogP) is 2.19. The fourth-order valence-corrected chi connectivity index (χ4v) is 1.99. The molecule has 1 atom stereocenters. The number of rotatable bonds is 6. The van der Waals surface area contributed by atoms with Crippen LogP contribution in [0.25, 0.3) is 0 Å². The first-order valence-electron chi connectivity index (χ1n) is 5.96. The molecule has 0 aliphatic carbocycles. The normalized spacial score (nSPS) is 12.7. The summed E-state index contributed by atoms with van der Waals surface area (Å²) in [5.41, 5.74) is 7.52. The molecular formula is C13H21N3S. The van der Waals surface area contributed by atoms with E-state index in [1.54, 1.807) is 6.20 Å². The molecule has 0 bridgehead atoms. The standard InChI is InChI=1S/C13H21N3S/c1-4-10(2)8-16(3)9-11-6-5-7-15-12(11)13(14)17/h5-7,10H,4,8-9H2,1-3H3,(H2,14,17). The van der Waals surface area contributed by atoms with Crippen LogP contribution in [-0.2, 0) is 6.54 Å². The smallest absolute Gasteiger partial charge is 0.123 e. The quantitative estimate of drug-likeness (QED) is 0.787. The van der Waals surface area contributed by atoms with Gasteiger partial charge in [-0.3, -0.25) is 4.98 Å². The van der Waals surface area contributed by atoms with Gasteiger partial charge < -0.3 is 10.6 Å². The number of nitrogens with two attached hydrogens (primary N) is 1. The van der Waals surface area contributed by atoms with Crippen LogP contribution in [0.1, 0.15) is 31.5 Å². The van der Waals surface area contributed by atoms with Crippen molar-refractivity contribution in [3.8, 4) is 0 Å². The lowest BCUT2D eigenvalue weighted by Gasteiger charge is -2.21. The Hall–Kier alpha value is -1.00. The van der Waals surface area contributed by atoms with E-state index >= 15 is 0 Å². The number of thiocarbonyl (C=S) groups is 1. The maximum absolute atomic E-state index is 5.67. The van der Waals surface area contributed by atoms with Crippen LogP contribution in [0.4, 0.5) is 0 Å². The Balaban J connectivity index is 2.71. The van der Waals surface area contributed by atoms with Crippen LogP contribution in [0.3, 0.4) is 0 Å². The van der Waals surface area contributed by atoms with Crippen molar-refractivity contribution < 1.29 is 0 Å². The zero-order valence-electron chi connectivity index (χ0n) is 10.8. The van der Waals surface area contributed by atoms with Gasteiger partial charge in [-0.2, -0.15) is 0 Å². The highest BCUT2D eigenvalue weighted by molar-refractivity contribution is 7.80. The molecule has 0 saturated heterocycles. The molecule has 2 N–H and O–H groups in total. The summed E-state index contributed by atoms with van der Waals surface area (Å²) in [6.45, 7) is 6.38. The first-order chi connectivity index (χ1) is 8.04. The SMILES string of the molecule is CCC(C)CN(C)Cc1cccnc1C(N)=S. The largest absolute Gasteiger partial charge is 0.388 e. The van der Waals surface area contributed by atoms with Gasteiger partial charge in [-0.25, -0.2) is 0 Å². The Labute approximate surface area is 109 Å². The first kappa shape index (κ1) is 14.1. The first-order valence-corrected chi connectivity index (χ1v) is 6.37. The van der Waals surface area contributed by atoms with Crippen molar-refractivity contribution in [2.75, 3.05) is 13.6 Å². The molecule has 0 aromatic carbocycles. The van der Waals surface area contributed by atoms with Gasteiger partial charge in [0, 0.05) is 19.3 Å². The Bertz CT molecular complexity index is 379. The van der Waals surface area contributed by atoms with E-state index in [0.29, 0.717) is 10.9 Å². The van der Waals surface area contributed by atoms with Gasteiger partial charge in [0.25, 0.3) is 0 Å². The summed E-state index contributed by atoms with van der Waals surface area (Å²) in [6, 6.07) is 3.96. The fourth-order valence-electron chi connectivity index (χ4n) is 1.80. The lowest BCUT2D eigenvalue weighted by Crippen LogP contribution is -2.25. The number of nitrogens with zero attached hydrogens (tertiary/aromatic N) is 2. The number of hydrogen-bond acceptors (Lipinski definition) is 3. The molecular weight excluding hydrogens is 230 g/mol. The Morgan fingerprint density at radius 1 is 1.59 bits per heavy atom. The van der Waals surface area contributed by atoms with Crippen LogP contribution in [0, 0.1) is 5.92 Å². The van der Waals surface area contributed by atoms with Crippen molar-refractivity contribution >= 4 is 17.2 Å². The monoisotopic (exact) mass is 251 g/mol. The zero-order valence-corrected chi connectivity index (χ0v) is 11.6. The van der Waals surface area contributed by atoms with Crippen molar-refractivity contribution in [1.29, 1.82) is 0 Å². The van der Waals surface area contributed by atoms with Crippen LogP contribution in [-0.4, -0.2) is 28.5 Å². The molecule has 1 aromatic rings. The molecule has 3 nitrogen and oxygen atoms in total.